The molecule has 0 saturated carbocycles. The average Bonchev–Trinajstić information content (AvgIpc) is 2.95. The molecule has 0 radical (unpaired) electrons. The Kier molecular flexibility index (Phi) is 6.80. The molecular formula is C27H26N6O4. The van der Waals surface area contributed by atoms with Gasteiger partial charge in [0.25, 0.3) is 11.5 Å². The van der Waals surface area contributed by atoms with Gasteiger partial charge in [-0.1, -0.05) is 36.4 Å². The van der Waals surface area contributed by atoms with Crippen molar-refractivity contribution in [3.8, 4) is 5.75 Å². The summed E-state index contributed by atoms with van der Waals surface area (Å²) in [5, 5.41) is 2.86. The number of ether oxygens (including phenoxy) is 1. The average molecular weight is 499 g/mol. The van der Waals surface area contributed by atoms with Crippen molar-refractivity contribution < 1.29 is 14.3 Å². The molecule has 1 aliphatic heterocycles. The van der Waals surface area contributed by atoms with Crippen molar-refractivity contribution in [1.29, 1.82) is 0 Å². The van der Waals surface area contributed by atoms with Crippen molar-refractivity contribution in [3.63, 3.8) is 0 Å². The fraction of sp³-hybridized carbons (Fsp3) is 0.222. The number of methoxy groups -OCH3 is 1. The van der Waals surface area contributed by atoms with E-state index >= 15 is 0 Å². The van der Waals surface area contributed by atoms with Gasteiger partial charge in [-0.2, -0.15) is 0 Å². The number of fused-ring (bicyclic) bond motifs is 1. The van der Waals surface area contributed by atoms with Gasteiger partial charge in [0.05, 0.1) is 13.7 Å². The third-order valence-corrected chi connectivity index (χ3v) is 6.30. The summed E-state index contributed by atoms with van der Waals surface area (Å²) >= 11 is 0. The van der Waals surface area contributed by atoms with E-state index in [9.17, 15) is 14.4 Å². The number of urea groups is 1. The van der Waals surface area contributed by atoms with Crippen LogP contribution >= 0.6 is 0 Å². The van der Waals surface area contributed by atoms with Crippen molar-refractivity contribution in [2.45, 2.75) is 6.54 Å². The predicted octanol–water partition coefficient (Wildman–Crippen LogP) is 2.84. The van der Waals surface area contributed by atoms with Gasteiger partial charge in [-0.3, -0.25) is 14.2 Å². The van der Waals surface area contributed by atoms with E-state index in [0.717, 1.165) is 5.56 Å². The second-order valence-electron chi connectivity index (χ2n) is 8.59. The highest BCUT2D eigenvalue weighted by molar-refractivity contribution is 5.94. The first-order chi connectivity index (χ1) is 18.0. The minimum Gasteiger partial charge on any atom is -0.496 e. The van der Waals surface area contributed by atoms with E-state index in [1.54, 1.807) is 35.2 Å². The number of pyridine rings is 1. The van der Waals surface area contributed by atoms with Crippen LogP contribution in [0.1, 0.15) is 16.1 Å². The molecule has 0 bridgehead atoms. The topological polar surface area (TPSA) is 110 Å². The van der Waals surface area contributed by atoms with Gasteiger partial charge >= 0.3 is 6.03 Å². The number of carbonyl (C=O) groups excluding carboxylic acids is 2. The summed E-state index contributed by atoms with van der Waals surface area (Å²) in [6.45, 7) is 1.44. The Hall–Kier alpha value is -4.73. The number of hydrogen-bond donors (Lipinski definition) is 1. The number of aromatic nitrogens is 3. The van der Waals surface area contributed by atoms with E-state index in [4.69, 9.17) is 4.74 Å². The quantitative estimate of drug-likeness (QED) is 0.453. The monoisotopic (exact) mass is 498 g/mol. The number of para-hydroxylation sites is 2. The molecule has 1 fully saturated rings. The molecule has 0 atom stereocenters. The minimum absolute atomic E-state index is 0.169. The van der Waals surface area contributed by atoms with Gasteiger partial charge in [0.1, 0.15) is 11.3 Å². The van der Waals surface area contributed by atoms with Crippen LogP contribution in [0, 0.1) is 0 Å². The summed E-state index contributed by atoms with van der Waals surface area (Å²) < 4.78 is 6.90. The Bertz CT molecular complexity index is 1500. The van der Waals surface area contributed by atoms with Crippen LogP contribution in [0.15, 0.2) is 77.7 Å². The summed E-state index contributed by atoms with van der Waals surface area (Å²) in [4.78, 5) is 51.6. The Balaban J connectivity index is 1.37. The molecular weight excluding hydrogens is 472 g/mol. The highest BCUT2D eigenvalue weighted by Crippen LogP contribution is 2.20. The Morgan fingerprint density at radius 3 is 2.38 bits per heavy atom. The van der Waals surface area contributed by atoms with E-state index < -0.39 is 11.5 Å². The highest BCUT2D eigenvalue weighted by atomic mass is 16.5. The van der Waals surface area contributed by atoms with Crippen LogP contribution in [-0.4, -0.2) is 69.6 Å². The zero-order valence-electron chi connectivity index (χ0n) is 20.3. The van der Waals surface area contributed by atoms with Crippen molar-refractivity contribution in [1.82, 2.24) is 24.3 Å². The summed E-state index contributed by atoms with van der Waals surface area (Å²) in [6.07, 6.45) is 1.59. The molecule has 5 rings (SSSR count). The smallest absolute Gasteiger partial charge is 0.321 e. The number of nitrogens with one attached hydrogen (secondary N) is 1. The first-order valence-corrected chi connectivity index (χ1v) is 11.9. The van der Waals surface area contributed by atoms with Crippen LogP contribution in [0.3, 0.4) is 0 Å². The van der Waals surface area contributed by atoms with Crippen LogP contribution < -0.4 is 15.6 Å². The van der Waals surface area contributed by atoms with Gasteiger partial charge in [0, 0.05) is 43.6 Å². The molecule has 2 aromatic carbocycles. The number of rotatable bonds is 5. The van der Waals surface area contributed by atoms with E-state index in [0.29, 0.717) is 48.8 Å². The molecule has 188 valence electrons. The standard InChI is InChI=1S/C27H26N6O4/c1-37-22-12-6-5-8-19(22)18-33-24-21(11-7-13-28-24)30-23(26(33)35)25(34)31-14-16-32(17-15-31)27(36)29-20-9-3-2-4-10-20/h2-13H,14-18H2,1H3,(H,29,36). The summed E-state index contributed by atoms with van der Waals surface area (Å²) in [5.74, 6) is 0.167. The molecule has 1 aliphatic rings. The lowest BCUT2D eigenvalue weighted by Gasteiger charge is -2.34. The first kappa shape index (κ1) is 24.0. The molecule has 10 nitrogen and oxygen atoms in total. The van der Waals surface area contributed by atoms with Gasteiger partial charge in [-0.15, -0.1) is 0 Å². The number of hydrogen-bond acceptors (Lipinski definition) is 6. The van der Waals surface area contributed by atoms with Gasteiger partial charge in [0.15, 0.2) is 11.3 Å². The summed E-state index contributed by atoms with van der Waals surface area (Å²) in [6, 6.07) is 19.8. The number of carbonyl (C=O) groups is 2. The third kappa shape index (κ3) is 4.99. The van der Waals surface area contributed by atoms with Gasteiger partial charge < -0.3 is 19.9 Å². The lowest BCUT2D eigenvalue weighted by Crippen LogP contribution is -2.52. The van der Waals surface area contributed by atoms with Gasteiger partial charge in [-0.25, -0.2) is 14.8 Å². The number of nitrogens with zero attached hydrogens (tertiary/aromatic N) is 5. The first-order valence-electron chi connectivity index (χ1n) is 11.9. The predicted molar refractivity (Wildman–Crippen MR) is 139 cm³/mol. The molecule has 4 aromatic rings. The molecule has 1 saturated heterocycles. The fourth-order valence-corrected chi connectivity index (χ4v) is 4.35. The minimum atomic E-state index is -0.522. The second kappa shape index (κ2) is 10.5. The van der Waals surface area contributed by atoms with Crippen LogP contribution in [-0.2, 0) is 6.54 Å². The normalized spacial score (nSPS) is 13.4. The van der Waals surface area contributed by atoms with Crippen molar-refractivity contribution in [2.75, 3.05) is 38.6 Å². The maximum Gasteiger partial charge on any atom is 0.321 e. The molecule has 10 heteroatoms. The number of amides is 3. The largest absolute Gasteiger partial charge is 0.496 e. The fourth-order valence-electron chi connectivity index (χ4n) is 4.35. The number of piperazine rings is 1. The van der Waals surface area contributed by atoms with Crippen LogP contribution in [0.4, 0.5) is 10.5 Å². The van der Waals surface area contributed by atoms with E-state index in [-0.39, 0.29) is 18.3 Å². The lowest BCUT2D eigenvalue weighted by atomic mass is 10.2. The lowest BCUT2D eigenvalue weighted by molar-refractivity contribution is 0.0663. The maximum atomic E-state index is 13.5. The van der Waals surface area contributed by atoms with Gasteiger partial charge in [0.2, 0.25) is 0 Å². The molecule has 1 N–H and O–H groups in total. The Morgan fingerprint density at radius 2 is 1.62 bits per heavy atom. The molecule has 0 aliphatic carbocycles. The maximum absolute atomic E-state index is 13.5. The summed E-state index contributed by atoms with van der Waals surface area (Å²) in [7, 11) is 1.57. The van der Waals surface area contributed by atoms with E-state index in [1.165, 1.54) is 4.57 Å². The Morgan fingerprint density at radius 1 is 0.919 bits per heavy atom. The SMILES string of the molecule is COc1ccccc1Cn1c(=O)c(C(=O)N2CCN(C(=O)Nc3ccccc3)CC2)nc2cccnc21. The van der Waals surface area contributed by atoms with Crippen LogP contribution in [0.5, 0.6) is 5.75 Å². The van der Waals surface area contributed by atoms with Crippen LogP contribution in [0.25, 0.3) is 11.2 Å². The molecule has 3 amide bonds. The molecule has 0 unspecified atom stereocenters. The Labute approximate surface area is 213 Å². The second-order valence-corrected chi connectivity index (χ2v) is 8.59. The van der Waals surface area contributed by atoms with Crippen molar-refractivity contribution >= 4 is 28.8 Å². The van der Waals surface area contributed by atoms with E-state index in [2.05, 4.69) is 15.3 Å². The zero-order valence-corrected chi connectivity index (χ0v) is 20.3. The molecule has 37 heavy (non-hydrogen) atoms. The van der Waals surface area contributed by atoms with Crippen LogP contribution in [0.2, 0.25) is 0 Å². The van der Waals surface area contributed by atoms with Gasteiger partial charge in [-0.05, 0) is 30.3 Å². The van der Waals surface area contributed by atoms with Crippen molar-refractivity contribution in [2.24, 2.45) is 0 Å². The summed E-state index contributed by atoms with van der Waals surface area (Å²) in [5.41, 5.74) is 1.62. The van der Waals surface area contributed by atoms with E-state index in [1.807, 2.05) is 54.6 Å². The number of anilines is 1. The highest BCUT2D eigenvalue weighted by Gasteiger charge is 2.28. The molecule has 3 heterocycles. The zero-order chi connectivity index (χ0) is 25.8. The number of benzene rings is 2. The van der Waals surface area contributed by atoms with Crippen molar-refractivity contribution in [3.05, 3.63) is 94.5 Å². The molecule has 0 spiro atoms. The molecule has 2 aromatic heterocycles. The third-order valence-electron chi connectivity index (χ3n) is 6.30.